The molecule has 0 aliphatic heterocycles. The highest BCUT2D eigenvalue weighted by atomic mass is 79.9. The lowest BCUT2D eigenvalue weighted by Crippen LogP contribution is -2.30. The largest absolute Gasteiger partial charge is 0.396 e. The molecule has 16 heavy (non-hydrogen) atoms. The summed E-state index contributed by atoms with van der Waals surface area (Å²) < 4.78 is 0.973. The third kappa shape index (κ3) is 2.55. The van der Waals surface area contributed by atoms with Crippen molar-refractivity contribution in [3.63, 3.8) is 0 Å². The van der Waals surface area contributed by atoms with Crippen LogP contribution >= 0.6 is 15.9 Å². The Bertz CT molecular complexity index is 351. The highest BCUT2D eigenvalue weighted by Gasteiger charge is 2.32. The summed E-state index contributed by atoms with van der Waals surface area (Å²) in [6.45, 7) is 1.12. The summed E-state index contributed by atoms with van der Waals surface area (Å²) in [4.78, 5) is 4.03. The molecule has 1 aromatic heterocycles. The molecule has 88 valence electrons. The number of hydrogen-bond donors (Lipinski definition) is 2. The number of halogens is 1. The van der Waals surface area contributed by atoms with E-state index in [2.05, 4.69) is 26.2 Å². The average molecular weight is 285 g/mol. The minimum atomic E-state index is 0.0860. The van der Waals surface area contributed by atoms with Crippen LogP contribution in [-0.2, 0) is 0 Å². The standard InChI is InChI=1S/C12H17BrN2O/c13-10-7-14-6-3-11(10)15-8-12(9-16)4-1-2-5-12/h3,6-7,16H,1-2,4-5,8-9H2,(H,14,15). The third-order valence-corrected chi connectivity index (χ3v) is 4.06. The Hall–Kier alpha value is -0.610. The first-order valence-corrected chi connectivity index (χ1v) is 6.49. The van der Waals surface area contributed by atoms with Gasteiger partial charge in [0.15, 0.2) is 0 Å². The van der Waals surface area contributed by atoms with Crippen LogP contribution in [-0.4, -0.2) is 23.2 Å². The molecule has 0 aromatic carbocycles. The first-order valence-electron chi connectivity index (χ1n) is 5.70. The molecule has 1 saturated carbocycles. The molecule has 1 fully saturated rings. The predicted molar refractivity (Wildman–Crippen MR) is 68.4 cm³/mol. The molecule has 0 radical (unpaired) electrons. The second-order valence-electron chi connectivity index (χ2n) is 4.57. The fourth-order valence-electron chi connectivity index (χ4n) is 2.32. The molecule has 4 heteroatoms. The number of nitrogens with zero attached hydrogens (tertiary/aromatic N) is 1. The van der Waals surface area contributed by atoms with Gasteiger partial charge in [0.05, 0.1) is 16.8 Å². The van der Waals surface area contributed by atoms with Gasteiger partial charge >= 0.3 is 0 Å². The van der Waals surface area contributed by atoms with Crippen LogP contribution in [0.4, 0.5) is 5.69 Å². The monoisotopic (exact) mass is 284 g/mol. The molecule has 0 bridgehead atoms. The first kappa shape index (κ1) is 11.9. The summed E-state index contributed by atoms with van der Waals surface area (Å²) in [5, 5.41) is 12.9. The van der Waals surface area contributed by atoms with E-state index in [9.17, 15) is 5.11 Å². The zero-order valence-corrected chi connectivity index (χ0v) is 10.8. The maximum atomic E-state index is 9.50. The molecular weight excluding hydrogens is 268 g/mol. The molecule has 0 atom stereocenters. The molecule has 0 unspecified atom stereocenters. The van der Waals surface area contributed by atoms with E-state index in [1.54, 1.807) is 12.4 Å². The van der Waals surface area contributed by atoms with Crippen LogP contribution < -0.4 is 5.32 Å². The molecule has 1 aromatic rings. The lowest BCUT2D eigenvalue weighted by atomic mass is 9.87. The van der Waals surface area contributed by atoms with E-state index in [-0.39, 0.29) is 12.0 Å². The van der Waals surface area contributed by atoms with E-state index >= 15 is 0 Å². The van der Waals surface area contributed by atoms with Gasteiger partial charge in [-0.3, -0.25) is 4.98 Å². The summed E-state index contributed by atoms with van der Waals surface area (Å²) >= 11 is 3.46. The Morgan fingerprint density at radius 2 is 2.19 bits per heavy atom. The Morgan fingerprint density at radius 1 is 1.44 bits per heavy atom. The van der Waals surface area contributed by atoms with Crippen LogP contribution in [0.15, 0.2) is 22.9 Å². The third-order valence-electron chi connectivity index (χ3n) is 3.43. The molecule has 0 saturated heterocycles. The maximum absolute atomic E-state index is 9.50. The summed E-state index contributed by atoms with van der Waals surface area (Å²) in [5.41, 5.74) is 1.14. The molecule has 1 aliphatic carbocycles. The summed E-state index contributed by atoms with van der Waals surface area (Å²) in [6.07, 6.45) is 8.27. The minimum Gasteiger partial charge on any atom is -0.396 e. The molecular formula is C12H17BrN2O. The number of aromatic nitrogens is 1. The normalized spacial score (nSPS) is 18.6. The van der Waals surface area contributed by atoms with Crippen molar-refractivity contribution in [2.24, 2.45) is 5.41 Å². The Balaban J connectivity index is 1.98. The van der Waals surface area contributed by atoms with Gasteiger partial charge < -0.3 is 10.4 Å². The van der Waals surface area contributed by atoms with E-state index in [0.717, 1.165) is 29.5 Å². The molecule has 0 spiro atoms. The van der Waals surface area contributed by atoms with Gasteiger partial charge in [-0.25, -0.2) is 0 Å². The zero-order chi connectivity index (χ0) is 11.4. The van der Waals surface area contributed by atoms with E-state index in [0.29, 0.717) is 0 Å². The van der Waals surface area contributed by atoms with E-state index in [4.69, 9.17) is 0 Å². The average Bonchev–Trinajstić information content (AvgIpc) is 2.78. The lowest BCUT2D eigenvalue weighted by molar-refractivity contribution is 0.142. The molecule has 2 rings (SSSR count). The fraction of sp³-hybridized carbons (Fsp3) is 0.583. The van der Waals surface area contributed by atoms with Crippen LogP contribution in [0, 0.1) is 5.41 Å². The number of aliphatic hydroxyl groups excluding tert-OH is 1. The van der Waals surface area contributed by atoms with Gasteiger partial charge in [0, 0.05) is 24.4 Å². The van der Waals surface area contributed by atoms with Crippen molar-refractivity contribution in [1.82, 2.24) is 4.98 Å². The van der Waals surface area contributed by atoms with Gasteiger partial charge in [-0.05, 0) is 34.8 Å². The number of hydrogen-bond acceptors (Lipinski definition) is 3. The van der Waals surface area contributed by atoms with Gasteiger partial charge in [0.1, 0.15) is 0 Å². The number of nitrogens with one attached hydrogen (secondary N) is 1. The van der Waals surface area contributed by atoms with Crippen molar-refractivity contribution in [3.05, 3.63) is 22.9 Å². The number of aliphatic hydroxyl groups is 1. The highest BCUT2D eigenvalue weighted by molar-refractivity contribution is 9.10. The number of anilines is 1. The van der Waals surface area contributed by atoms with Crippen molar-refractivity contribution in [2.45, 2.75) is 25.7 Å². The van der Waals surface area contributed by atoms with Crippen molar-refractivity contribution < 1.29 is 5.11 Å². The first-order chi connectivity index (χ1) is 7.76. The molecule has 0 amide bonds. The van der Waals surface area contributed by atoms with Crippen LogP contribution in [0.2, 0.25) is 0 Å². The smallest absolute Gasteiger partial charge is 0.0590 e. The maximum Gasteiger partial charge on any atom is 0.0590 e. The van der Waals surface area contributed by atoms with Crippen LogP contribution in [0.3, 0.4) is 0 Å². The quantitative estimate of drug-likeness (QED) is 0.894. The predicted octanol–water partition coefficient (Wildman–Crippen LogP) is 2.81. The van der Waals surface area contributed by atoms with Crippen molar-refractivity contribution in [1.29, 1.82) is 0 Å². The SMILES string of the molecule is OCC1(CNc2ccncc2Br)CCCC1. The summed E-state index contributed by atoms with van der Waals surface area (Å²) in [7, 11) is 0. The van der Waals surface area contributed by atoms with Gasteiger partial charge in [0.2, 0.25) is 0 Å². The van der Waals surface area contributed by atoms with E-state index in [1.165, 1.54) is 12.8 Å². The highest BCUT2D eigenvalue weighted by Crippen LogP contribution is 2.38. The van der Waals surface area contributed by atoms with Crippen molar-refractivity contribution in [3.8, 4) is 0 Å². The van der Waals surface area contributed by atoms with Crippen LogP contribution in [0.5, 0.6) is 0 Å². The molecule has 2 N–H and O–H groups in total. The summed E-state index contributed by atoms with van der Waals surface area (Å²) in [5.74, 6) is 0. The molecule has 1 aliphatic rings. The topological polar surface area (TPSA) is 45.1 Å². The Kier molecular flexibility index (Phi) is 3.82. The Labute approximate surface area is 104 Å². The van der Waals surface area contributed by atoms with Crippen molar-refractivity contribution >= 4 is 21.6 Å². The molecule has 3 nitrogen and oxygen atoms in total. The molecule has 1 heterocycles. The number of rotatable bonds is 4. The van der Waals surface area contributed by atoms with Gasteiger partial charge in [0.25, 0.3) is 0 Å². The van der Waals surface area contributed by atoms with Crippen LogP contribution in [0.1, 0.15) is 25.7 Å². The minimum absolute atomic E-state index is 0.0860. The second kappa shape index (κ2) is 5.15. The fourth-order valence-corrected chi connectivity index (χ4v) is 2.71. The van der Waals surface area contributed by atoms with Gasteiger partial charge in [-0.2, -0.15) is 0 Å². The second-order valence-corrected chi connectivity index (χ2v) is 5.43. The summed E-state index contributed by atoms with van der Waals surface area (Å²) in [6, 6.07) is 1.95. The van der Waals surface area contributed by atoms with Crippen molar-refractivity contribution in [2.75, 3.05) is 18.5 Å². The van der Waals surface area contributed by atoms with Crippen LogP contribution in [0.25, 0.3) is 0 Å². The van der Waals surface area contributed by atoms with Gasteiger partial charge in [-0.15, -0.1) is 0 Å². The zero-order valence-electron chi connectivity index (χ0n) is 9.25. The Morgan fingerprint density at radius 3 is 2.81 bits per heavy atom. The van der Waals surface area contributed by atoms with Gasteiger partial charge in [-0.1, -0.05) is 12.8 Å². The van der Waals surface area contributed by atoms with E-state index in [1.807, 2.05) is 6.07 Å². The van der Waals surface area contributed by atoms with E-state index < -0.39 is 0 Å². The lowest BCUT2D eigenvalue weighted by Gasteiger charge is -2.27. The number of pyridine rings is 1.